The SMILES string of the molecule is Cc1ccc(CNC(C)CCc2ccco2)cc1. The Labute approximate surface area is 109 Å². The molecule has 0 radical (unpaired) electrons. The summed E-state index contributed by atoms with van der Waals surface area (Å²) in [6, 6.07) is 13.2. The molecule has 0 fully saturated rings. The highest BCUT2D eigenvalue weighted by Gasteiger charge is 2.03. The summed E-state index contributed by atoms with van der Waals surface area (Å²) >= 11 is 0. The predicted molar refractivity (Wildman–Crippen MR) is 74.5 cm³/mol. The molecule has 1 atom stereocenters. The maximum absolute atomic E-state index is 5.33. The minimum atomic E-state index is 0.497. The summed E-state index contributed by atoms with van der Waals surface area (Å²) in [6.45, 7) is 5.26. The fourth-order valence-electron chi connectivity index (χ4n) is 1.91. The lowest BCUT2D eigenvalue weighted by Crippen LogP contribution is -2.25. The van der Waals surface area contributed by atoms with Gasteiger partial charge in [-0.2, -0.15) is 0 Å². The van der Waals surface area contributed by atoms with Crippen molar-refractivity contribution < 1.29 is 4.42 Å². The zero-order valence-corrected chi connectivity index (χ0v) is 11.1. The molecular formula is C16H21NO. The van der Waals surface area contributed by atoms with Crippen molar-refractivity contribution in [2.24, 2.45) is 0 Å². The molecule has 1 heterocycles. The van der Waals surface area contributed by atoms with Crippen LogP contribution in [-0.2, 0) is 13.0 Å². The van der Waals surface area contributed by atoms with E-state index in [2.05, 4.69) is 43.4 Å². The van der Waals surface area contributed by atoms with Gasteiger partial charge in [0.25, 0.3) is 0 Å². The molecule has 0 aliphatic rings. The molecule has 0 spiro atoms. The Morgan fingerprint density at radius 2 is 1.94 bits per heavy atom. The molecule has 2 rings (SSSR count). The van der Waals surface area contributed by atoms with Crippen molar-refractivity contribution in [2.75, 3.05) is 0 Å². The molecule has 0 saturated heterocycles. The molecule has 0 saturated carbocycles. The highest BCUT2D eigenvalue weighted by Crippen LogP contribution is 2.07. The van der Waals surface area contributed by atoms with E-state index in [1.54, 1.807) is 6.26 Å². The second-order valence-electron chi connectivity index (χ2n) is 4.89. The quantitative estimate of drug-likeness (QED) is 0.837. The van der Waals surface area contributed by atoms with Gasteiger partial charge < -0.3 is 9.73 Å². The molecule has 1 N–H and O–H groups in total. The van der Waals surface area contributed by atoms with Gasteiger partial charge in [-0.1, -0.05) is 29.8 Å². The Morgan fingerprint density at radius 1 is 1.17 bits per heavy atom. The number of hydrogen-bond acceptors (Lipinski definition) is 2. The number of benzene rings is 1. The summed E-state index contributed by atoms with van der Waals surface area (Å²) in [5.74, 6) is 1.07. The molecule has 1 aromatic heterocycles. The van der Waals surface area contributed by atoms with Gasteiger partial charge >= 0.3 is 0 Å². The molecule has 0 bridgehead atoms. The van der Waals surface area contributed by atoms with E-state index in [0.29, 0.717) is 6.04 Å². The van der Waals surface area contributed by atoms with Crippen LogP contribution in [0.3, 0.4) is 0 Å². The predicted octanol–water partition coefficient (Wildman–Crippen LogP) is 3.70. The van der Waals surface area contributed by atoms with E-state index >= 15 is 0 Å². The number of hydrogen-bond donors (Lipinski definition) is 1. The van der Waals surface area contributed by atoms with Gasteiger partial charge in [-0.25, -0.2) is 0 Å². The number of rotatable bonds is 6. The maximum Gasteiger partial charge on any atom is 0.103 e. The maximum atomic E-state index is 5.33. The minimum absolute atomic E-state index is 0.497. The number of nitrogens with one attached hydrogen (secondary N) is 1. The van der Waals surface area contributed by atoms with Gasteiger partial charge in [0.05, 0.1) is 6.26 Å². The average molecular weight is 243 g/mol. The lowest BCUT2D eigenvalue weighted by Gasteiger charge is -2.13. The van der Waals surface area contributed by atoms with Crippen molar-refractivity contribution in [3.8, 4) is 0 Å². The van der Waals surface area contributed by atoms with E-state index in [9.17, 15) is 0 Å². The second-order valence-corrected chi connectivity index (χ2v) is 4.89. The normalized spacial score (nSPS) is 12.6. The minimum Gasteiger partial charge on any atom is -0.469 e. The average Bonchev–Trinajstić information content (AvgIpc) is 2.89. The summed E-state index contributed by atoms with van der Waals surface area (Å²) < 4.78 is 5.33. The zero-order valence-electron chi connectivity index (χ0n) is 11.1. The standard InChI is InChI=1S/C16H21NO/c1-13-5-8-15(9-6-13)12-17-14(2)7-10-16-4-3-11-18-16/h3-6,8-9,11,14,17H,7,10,12H2,1-2H3. The fraction of sp³-hybridized carbons (Fsp3) is 0.375. The van der Waals surface area contributed by atoms with E-state index in [1.807, 2.05) is 12.1 Å². The van der Waals surface area contributed by atoms with Crippen LogP contribution in [0.4, 0.5) is 0 Å². The van der Waals surface area contributed by atoms with Crippen molar-refractivity contribution in [1.29, 1.82) is 0 Å². The molecule has 0 amide bonds. The second kappa shape index (κ2) is 6.41. The molecule has 2 heteroatoms. The topological polar surface area (TPSA) is 25.2 Å². The largest absolute Gasteiger partial charge is 0.469 e. The number of aryl methyl sites for hydroxylation is 2. The van der Waals surface area contributed by atoms with Crippen LogP contribution in [-0.4, -0.2) is 6.04 Å². The van der Waals surface area contributed by atoms with Crippen LogP contribution in [0.15, 0.2) is 47.1 Å². The molecule has 2 nitrogen and oxygen atoms in total. The Hall–Kier alpha value is -1.54. The molecule has 0 aliphatic heterocycles. The van der Waals surface area contributed by atoms with Crippen molar-refractivity contribution in [1.82, 2.24) is 5.32 Å². The van der Waals surface area contributed by atoms with Crippen molar-refractivity contribution in [3.63, 3.8) is 0 Å². The summed E-state index contributed by atoms with van der Waals surface area (Å²) in [5, 5.41) is 3.54. The molecule has 96 valence electrons. The lowest BCUT2D eigenvalue weighted by molar-refractivity contribution is 0.460. The molecule has 18 heavy (non-hydrogen) atoms. The smallest absolute Gasteiger partial charge is 0.103 e. The van der Waals surface area contributed by atoms with Gasteiger partial charge in [-0.15, -0.1) is 0 Å². The fourth-order valence-corrected chi connectivity index (χ4v) is 1.91. The first-order valence-electron chi connectivity index (χ1n) is 6.55. The summed E-state index contributed by atoms with van der Waals surface area (Å²) in [7, 11) is 0. The first kappa shape index (κ1) is 12.9. The van der Waals surface area contributed by atoms with Crippen molar-refractivity contribution >= 4 is 0 Å². The first-order chi connectivity index (χ1) is 8.74. The van der Waals surface area contributed by atoms with Gasteiger partial charge in [0.1, 0.15) is 5.76 Å². The summed E-state index contributed by atoms with van der Waals surface area (Å²) in [5.41, 5.74) is 2.65. The van der Waals surface area contributed by atoms with E-state index < -0.39 is 0 Å². The highest BCUT2D eigenvalue weighted by molar-refractivity contribution is 5.21. The zero-order chi connectivity index (χ0) is 12.8. The van der Waals surface area contributed by atoms with Crippen LogP contribution in [0.1, 0.15) is 30.2 Å². The van der Waals surface area contributed by atoms with Crippen LogP contribution < -0.4 is 5.32 Å². The first-order valence-corrected chi connectivity index (χ1v) is 6.55. The third-order valence-corrected chi connectivity index (χ3v) is 3.18. The third kappa shape index (κ3) is 4.04. The van der Waals surface area contributed by atoms with Crippen LogP contribution in [0.25, 0.3) is 0 Å². The molecule has 2 aromatic rings. The van der Waals surface area contributed by atoms with E-state index in [-0.39, 0.29) is 0 Å². The Balaban J connectivity index is 1.71. The molecule has 1 unspecified atom stereocenters. The third-order valence-electron chi connectivity index (χ3n) is 3.18. The molecule has 1 aromatic carbocycles. The van der Waals surface area contributed by atoms with E-state index in [1.165, 1.54) is 11.1 Å². The van der Waals surface area contributed by atoms with E-state index in [0.717, 1.165) is 25.1 Å². The van der Waals surface area contributed by atoms with Crippen molar-refractivity contribution in [3.05, 3.63) is 59.5 Å². The van der Waals surface area contributed by atoms with Gasteiger partial charge in [-0.05, 0) is 38.0 Å². The van der Waals surface area contributed by atoms with Crippen LogP contribution in [0, 0.1) is 6.92 Å². The monoisotopic (exact) mass is 243 g/mol. The van der Waals surface area contributed by atoms with Crippen LogP contribution in [0.2, 0.25) is 0 Å². The van der Waals surface area contributed by atoms with Crippen LogP contribution >= 0.6 is 0 Å². The van der Waals surface area contributed by atoms with Gasteiger partial charge in [0.15, 0.2) is 0 Å². The highest BCUT2D eigenvalue weighted by atomic mass is 16.3. The van der Waals surface area contributed by atoms with Crippen LogP contribution in [0.5, 0.6) is 0 Å². The van der Waals surface area contributed by atoms with Gasteiger partial charge in [0, 0.05) is 19.0 Å². The lowest BCUT2D eigenvalue weighted by atomic mass is 10.1. The van der Waals surface area contributed by atoms with E-state index in [4.69, 9.17) is 4.42 Å². The Bertz CT molecular complexity index is 444. The Kier molecular flexibility index (Phi) is 4.59. The van der Waals surface area contributed by atoms with Gasteiger partial charge in [-0.3, -0.25) is 0 Å². The molecular weight excluding hydrogens is 222 g/mol. The molecule has 0 aliphatic carbocycles. The Morgan fingerprint density at radius 3 is 2.61 bits per heavy atom. The van der Waals surface area contributed by atoms with Crippen molar-refractivity contribution in [2.45, 2.75) is 39.3 Å². The van der Waals surface area contributed by atoms with Gasteiger partial charge in [0.2, 0.25) is 0 Å². The summed E-state index contributed by atoms with van der Waals surface area (Å²) in [4.78, 5) is 0. The number of furan rings is 1. The summed E-state index contributed by atoms with van der Waals surface area (Å²) in [6.07, 6.45) is 3.83.